The van der Waals surface area contributed by atoms with Gasteiger partial charge < -0.3 is 30.3 Å². The van der Waals surface area contributed by atoms with Crippen LogP contribution in [0.4, 0.5) is 11.4 Å². The van der Waals surface area contributed by atoms with Gasteiger partial charge in [-0.2, -0.15) is 0 Å². The summed E-state index contributed by atoms with van der Waals surface area (Å²) >= 11 is 0. The highest BCUT2D eigenvalue weighted by Crippen LogP contribution is 2.57. The fraction of sp³-hybridized carbons (Fsp3) is 0.394. The van der Waals surface area contributed by atoms with Crippen LogP contribution < -0.4 is 25.6 Å². The summed E-state index contributed by atoms with van der Waals surface area (Å²) in [4.78, 5) is 31.2. The number of fused-ring (bicyclic) bond motifs is 6. The minimum absolute atomic E-state index is 0.192. The van der Waals surface area contributed by atoms with Crippen molar-refractivity contribution in [3.63, 3.8) is 0 Å². The Hall–Kier alpha value is -3.34. The molecule has 0 radical (unpaired) electrons. The van der Waals surface area contributed by atoms with Crippen molar-refractivity contribution in [3.8, 4) is 11.5 Å². The van der Waals surface area contributed by atoms with Gasteiger partial charge in [-0.25, -0.2) is 4.79 Å². The standard InChI is InChI=1S/C33H40N4O4S2/c1-5-36(6-2)23-10-13-26-29(20-23)40-30-21-24(37(7-3)8-4)11-14-27(30)33(26)28-19-22(9-12-25(28)32(39)41-33)31(38)35-16-18-43-42-17-15-34/h9-14,19-21H,5-8,15-18,34H2,1-4H3,(H,35,38). The van der Waals surface area contributed by atoms with Gasteiger partial charge in [-0.05, 0) is 70.2 Å². The molecule has 2 heterocycles. The highest BCUT2D eigenvalue weighted by Gasteiger charge is 2.54. The lowest BCUT2D eigenvalue weighted by Crippen LogP contribution is -2.34. The van der Waals surface area contributed by atoms with E-state index in [9.17, 15) is 9.59 Å². The molecule has 10 heteroatoms. The van der Waals surface area contributed by atoms with E-state index in [0.29, 0.717) is 41.3 Å². The summed E-state index contributed by atoms with van der Waals surface area (Å²) in [6.07, 6.45) is 0. The van der Waals surface area contributed by atoms with Crippen LogP contribution in [-0.4, -0.2) is 62.7 Å². The number of hydrogen-bond acceptors (Lipinski definition) is 9. The molecule has 5 rings (SSSR count). The average Bonchev–Trinajstić information content (AvgIpc) is 3.31. The third-order valence-electron chi connectivity index (χ3n) is 8.05. The van der Waals surface area contributed by atoms with Crippen LogP contribution in [0, 0.1) is 0 Å². The van der Waals surface area contributed by atoms with Crippen molar-refractivity contribution < 1.29 is 19.1 Å². The fourth-order valence-electron chi connectivity index (χ4n) is 5.89. The number of rotatable bonds is 13. The summed E-state index contributed by atoms with van der Waals surface area (Å²) in [6, 6.07) is 17.4. The first-order valence-electron chi connectivity index (χ1n) is 15.0. The first-order valence-corrected chi connectivity index (χ1v) is 17.5. The first kappa shape index (κ1) is 31.1. The molecule has 228 valence electrons. The number of amides is 1. The molecule has 2 aliphatic rings. The van der Waals surface area contributed by atoms with Gasteiger partial charge in [0.1, 0.15) is 11.5 Å². The topological polar surface area (TPSA) is 97.1 Å². The molecule has 0 saturated carbocycles. The van der Waals surface area contributed by atoms with Crippen molar-refractivity contribution >= 4 is 44.8 Å². The summed E-state index contributed by atoms with van der Waals surface area (Å²) in [5.41, 5.74) is 9.43. The van der Waals surface area contributed by atoms with Crippen LogP contribution in [0.5, 0.6) is 11.5 Å². The number of benzene rings is 3. The Bertz CT molecular complexity index is 1430. The number of carbonyl (C=O) groups excluding carboxylic acids is 2. The summed E-state index contributed by atoms with van der Waals surface area (Å²) < 4.78 is 13.0. The normalized spacial score (nSPS) is 13.9. The monoisotopic (exact) mass is 620 g/mol. The second-order valence-electron chi connectivity index (χ2n) is 10.3. The number of nitrogens with zero attached hydrogens (tertiary/aromatic N) is 2. The van der Waals surface area contributed by atoms with Crippen LogP contribution >= 0.6 is 21.6 Å². The van der Waals surface area contributed by atoms with E-state index in [-0.39, 0.29) is 5.91 Å². The Balaban J connectivity index is 1.60. The molecule has 2 aliphatic heterocycles. The SMILES string of the molecule is CCN(CC)c1ccc2c(c1)Oc1cc(N(CC)CC)ccc1C21OC(=O)c2ccc(C(=O)NCCSSCCN)cc21. The van der Waals surface area contributed by atoms with Crippen LogP contribution in [0.1, 0.15) is 65.1 Å². The maximum atomic E-state index is 13.5. The summed E-state index contributed by atoms with van der Waals surface area (Å²) in [6.45, 7) is 13.0. The molecule has 1 spiro atoms. The number of esters is 1. The number of ether oxygens (including phenoxy) is 2. The lowest BCUT2D eigenvalue weighted by Gasteiger charge is -2.38. The second kappa shape index (κ2) is 13.5. The van der Waals surface area contributed by atoms with Crippen molar-refractivity contribution in [2.75, 3.05) is 60.6 Å². The zero-order valence-electron chi connectivity index (χ0n) is 25.3. The zero-order chi connectivity index (χ0) is 30.6. The molecule has 43 heavy (non-hydrogen) atoms. The van der Waals surface area contributed by atoms with Crippen molar-refractivity contribution in [2.24, 2.45) is 5.73 Å². The molecule has 3 N–H and O–H groups in total. The van der Waals surface area contributed by atoms with E-state index in [4.69, 9.17) is 15.2 Å². The molecule has 0 saturated heterocycles. The molecule has 0 unspecified atom stereocenters. The van der Waals surface area contributed by atoms with E-state index in [1.807, 2.05) is 24.3 Å². The van der Waals surface area contributed by atoms with Gasteiger partial charge in [0, 0.05) is 96.5 Å². The van der Waals surface area contributed by atoms with Crippen molar-refractivity contribution in [2.45, 2.75) is 33.3 Å². The van der Waals surface area contributed by atoms with Gasteiger partial charge in [-0.3, -0.25) is 4.79 Å². The third kappa shape index (κ3) is 5.80. The molecule has 0 aliphatic carbocycles. The van der Waals surface area contributed by atoms with Gasteiger partial charge in [-0.1, -0.05) is 21.6 Å². The van der Waals surface area contributed by atoms with E-state index >= 15 is 0 Å². The summed E-state index contributed by atoms with van der Waals surface area (Å²) in [7, 11) is 3.38. The van der Waals surface area contributed by atoms with E-state index in [1.165, 1.54) is 0 Å². The number of nitrogens with two attached hydrogens (primary N) is 1. The molecule has 0 fully saturated rings. The second-order valence-corrected chi connectivity index (χ2v) is 13.0. The number of nitrogens with one attached hydrogen (secondary N) is 1. The lowest BCUT2D eigenvalue weighted by atomic mass is 9.77. The lowest BCUT2D eigenvalue weighted by molar-refractivity contribution is 0.0224. The molecule has 3 aromatic rings. The number of carbonyl (C=O) groups is 2. The van der Waals surface area contributed by atoms with Crippen LogP contribution in [0.25, 0.3) is 0 Å². The summed E-state index contributed by atoms with van der Waals surface area (Å²) in [5, 5.41) is 3.01. The van der Waals surface area contributed by atoms with Crippen molar-refractivity contribution in [3.05, 3.63) is 82.4 Å². The largest absolute Gasteiger partial charge is 0.456 e. The Labute approximate surface area is 262 Å². The molecular weight excluding hydrogens is 581 g/mol. The Morgan fingerprint density at radius 2 is 1.40 bits per heavy atom. The quantitative estimate of drug-likeness (QED) is 0.135. The smallest absolute Gasteiger partial charge is 0.340 e. The molecule has 8 nitrogen and oxygen atoms in total. The van der Waals surface area contributed by atoms with Gasteiger partial charge >= 0.3 is 5.97 Å². The zero-order valence-corrected chi connectivity index (χ0v) is 26.9. The van der Waals surface area contributed by atoms with Crippen molar-refractivity contribution in [1.82, 2.24) is 5.32 Å². The predicted octanol–water partition coefficient (Wildman–Crippen LogP) is 6.02. The van der Waals surface area contributed by atoms with E-state index in [0.717, 1.165) is 60.2 Å². The van der Waals surface area contributed by atoms with Gasteiger partial charge in [0.15, 0.2) is 5.60 Å². The minimum Gasteiger partial charge on any atom is -0.456 e. The van der Waals surface area contributed by atoms with Crippen LogP contribution in [0.3, 0.4) is 0 Å². The highest BCUT2D eigenvalue weighted by molar-refractivity contribution is 8.76. The Morgan fingerprint density at radius 1 is 0.814 bits per heavy atom. The first-order chi connectivity index (χ1) is 20.9. The van der Waals surface area contributed by atoms with Crippen molar-refractivity contribution in [1.29, 1.82) is 0 Å². The highest BCUT2D eigenvalue weighted by atomic mass is 33.1. The Kier molecular flexibility index (Phi) is 9.78. The van der Waals surface area contributed by atoms with Gasteiger partial charge in [0.05, 0.1) is 5.56 Å². The van der Waals surface area contributed by atoms with E-state index in [1.54, 1.807) is 39.8 Å². The molecule has 0 atom stereocenters. The fourth-order valence-corrected chi connectivity index (χ4v) is 7.65. The molecule has 0 bridgehead atoms. The van der Waals surface area contributed by atoms with Crippen LogP contribution in [-0.2, 0) is 10.3 Å². The maximum absolute atomic E-state index is 13.5. The third-order valence-corrected chi connectivity index (χ3v) is 10.5. The average molecular weight is 621 g/mol. The van der Waals surface area contributed by atoms with Gasteiger partial charge in [0.2, 0.25) is 0 Å². The molecule has 0 aromatic heterocycles. The Morgan fingerprint density at radius 3 is 1.95 bits per heavy atom. The van der Waals surface area contributed by atoms with Crippen LogP contribution in [0.15, 0.2) is 54.6 Å². The molecule has 3 aromatic carbocycles. The van der Waals surface area contributed by atoms with Crippen LogP contribution in [0.2, 0.25) is 0 Å². The molecular formula is C33H40N4O4S2. The minimum atomic E-state index is -1.25. The maximum Gasteiger partial charge on any atom is 0.340 e. The van der Waals surface area contributed by atoms with Gasteiger partial charge in [0.25, 0.3) is 5.91 Å². The molecule has 1 amide bonds. The predicted molar refractivity (Wildman–Crippen MR) is 178 cm³/mol. The number of anilines is 2. The number of hydrogen-bond donors (Lipinski definition) is 2. The van der Waals surface area contributed by atoms with Gasteiger partial charge in [-0.15, -0.1) is 0 Å². The van der Waals surface area contributed by atoms with E-state index in [2.05, 4.69) is 54.9 Å². The van der Waals surface area contributed by atoms with E-state index < -0.39 is 11.6 Å². The summed E-state index contributed by atoms with van der Waals surface area (Å²) in [5.74, 6) is 2.30.